The monoisotopic (exact) mass is 510 g/mol. The lowest BCUT2D eigenvalue weighted by atomic mass is 10.1. The summed E-state index contributed by atoms with van der Waals surface area (Å²) in [5, 5.41) is 36.6. The summed E-state index contributed by atoms with van der Waals surface area (Å²) in [4.78, 5) is 33.8. The van der Waals surface area contributed by atoms with Gasteiger partial charge in [-0.05, 0) is 41.3 Å². The third kappa shape index (κ3) is 5.39. The molecule has 0 bridgehead atoms. The number of carbonyl (C=O) groups is 1. The van der Waals surface area contributed by atoms with Crippen molar-refractivity contribution in [3.05, 3.63) is 110 Å². The van der Waals surface area contributed by atoms with Crippen molar-refractivity contribution in [3.63, 3.8) is 0 Å². The molecule has 0 unspecified atom stereocenters. The fourth-order valence-electron chi connectivity index (χ4n) is 3.67. The largest absolute Gasteiger partial charge is 0.493 e. The Bertz CT molecular complexity index is 1650. The molecule has 0 aliphatic rings. The number of hydrogen-bond acceptors (Lipinski definition) is 8. The predicted octanol–water partition coefficient (Wildman–Crippen LogP) is 6.00. The Hall–Kier alpha value is -5.76. The Morgan fingerprint density at radius 2 is 1.66 bits per heavy atom. The maximum atomic E-state index is 12.9. The topological polar surface area (TPSA) is 158 Å². The molecule has 4 aromatic rings. The van der Waals surface area contributed by atoms with Crippen molar-refractivity contribution in [1.82, 2.24) is 0 Å². The molecule has 0 radical (unpaired) electrons. The summed E-state index contributed by atoms with van der Waals surface area (Å²) in [6.45, 7) is 0. The summed E-state index contributed by atoms with van der Waals surface area (Å²) in [6.07, 6.45) is 1.33. The number of benzene rings is 4. The number of ether oxygens (including phenoxy) is 2. The summed E-state index contributed by atoms with van der Waals surface area (Å²) in [5.74, 6) is -0.652. The van der Waals surface area contributed by atoms with Gasteiger partial charge in [0.1, 0.15) is 11.6 Å². The SMILES string of the molecule is COc1ccc(/C=C(\C#N)C(=O)Nc2cccc3ccccc23)cc1Oc1ccc([N+](=O)[O-])cc1[N+](=O)[O-]. The van der Waals surface area contributed by atoms with Crippen LogP contribution in [0.3, 0.4) is 0 Å². The normalized spacial score (nSPS) is 10.9. The summed E-state index contributed by atoms with van der Waals surface area (Å²) >= 11 is 0. The van der Waals surface area contributed by atoms with Gasteiger partial charge in [-0.1, -0.05) is 42.5 Å². The van der Waals surface area contributed by atoms with E-state index in [-0.39, 0.29) is 22.8 Å². The first-order chi connectivity index (χ1) is 18.3. The van der Waals surface area contributed by atoms with E-state index in [0.717, 1.165) is 29.0 Å². The van der Waals surface area contributed by atoms with Crippen molar-refractivity contribution >= 4 is 39.8 Å². The number of rotatable bonds is 8. The summed E-state index contributed by atoms with van der Waals surface area (Å²) in [7, 11) is 1.36. The fourth-order valence-corrected chi connectivity index (χ4v) is 3.67. The van der Waals surface area contributed by atoms with Gasteiger partial charge in [-0.15, -0.1) is 0 Å². The second-order valence-electron chi connectivity index (χ2n) is 7.83. The van der Waals surface area contributed by atoms with E-state index in [1.54, 1.807) is 18.2 Å². The van der Waals surface area contributed by atoms with Crippen LogP contribution >= 0.6 is 0 Å². The van der Waals surface area contributed by atoms with Crippen molar-refractivity contribution in [2.75, 3.05) is 12.4 Å². The van der Waals surface area contributed by atoms with Crippen LogP contribution in [0.5, 0.6) is 17.2 Å². The Balaban J connectivity index is 1.66. The third-order valence-corrected chi connectivity index (χ3v) is 5.47. The van der Waals surface area contributed by atoms with Crippen molar-refractivity contribution in [2.45, 2.75) is 0 Å². The van der Waals surface area contributed by atoms with E-state index < -0.39 is 27.1 Å². The molecule has 0 saturated heterocycles. The van der Waals surface area contributed by atoms with Gasteiger partial charge in [0.05, 0.1) is 23.0 Å². The molecule has 4 aromatic carbocycles. The Labute approximate surface area is 215 Å². The van der Waals surface area contributed by atoms with Crippen LogP contribution in [0.25, 0.3) is 16.8 Å². The van der Waals surface area contributed by atoms with Crippen LogP contribution < -0.4 is 14.8 Å². The maximum absolute atomic E-state index is 12.9. The molecule has 0 fully saturated rings. The average molecular weight is 510 g/mol. The second-order valence-corrected chi connectivity index (χ2v) is 7.83. The van der Waals surface area contributed by atoms with Crippen LogP contribution in [0.1, 0.15) is 5.56 Å². The number of nitriles is 1. The third-order valence-electron chi connectivity index (χ3n) is 5.47. The van der Waals surface area contributed by atoms with Crippen LogP contribution in [-0.2, 0) is 4.79 Å². The van der Waals surface area contributed by atoms with E-state index in [0.29, 0.717) is 11.3 Å². The molecule has 0 aromatic heterocycles. The number of nitrogens with one attached hydrogen (secondary N) is 1. The number of non-ortho nitro benzene ring substituents is 1. The number of anilines is 1. The minimum absolute atomic E-state index is 0.0324. The van der Waals surface area contributed by atoms with Gasteiger partial charge >= 0.3 is 5.69 Å². The lowest BCUT2D eigenvalue weighted by Crippen LogP contribution is -2.13. The first kappa shape index (κ1) is 25.3. The molecule has 1 amide bonds. The van der Waals surface area contributed by atoms with E-state index in [1.807, 2.05) is 36.4 Å². The van der Waals surface area contributed by atoms with Gasteiger partial charge in [-0.2, -0.15) is 5.26 Å². The molecule has 4 rings (SSSR count). The smallest absolute Gasteiger partial charge is 0.318 e. The number of hydrogen-bond donors (Lipinski definition) is 1. The molecule has 0 saturated carbocycles. The molecule has 0 aliphatic heterocycles. The van der Waals surface area contributed by atoms with Gasteiger partial charge in [0.25, 0.3) is 11.6 Å². The van der Waals surface area contributed by atoms with Gasteiger partial charge in [0.15, 0.2) is 11.5 Å². The molecule has 0 aliphatic carbocycles. The Kier molecular flexibility index (Phi) is 7.25. The molecule has 38 heavy (non-hydrogen) atoms. The number of nitro benzene ring substituents is 2. The number of nitrogens with zero attached hydrogens (tertiary/aromatic N) is 3. The standard InChI is InChI=1S/C27H18N4O7/c1-37-25-11-9-17(14-26(25)38-24-12-10-20(30(33)34)15-23(24)31(35)36)13-19(16-28)27(32)29-22-8-4-6-18-5-2-3-7-21(18)22/h2-15H,1H3,(H,29,32)/b19-13+. The number of amides is 1. The zero-order valence-electron chi connectivity index (χ0n) is 19.8. The minimum atomic E-state index is -0.802. The lowest BCUT2D eigenvalue weighted by molar-refractivity contribution is -0.394. The summed E-state index contributed by atoms with van der Waals surface area (Å²) in [6, 6.07) is 22.2. The van der Waals surface area contributed by atoms with Crippen LogP contribution in [0.4, 0.5) is 17.1 Å². The van der Waals surface area contributed by atoms with Gasteiger partial charge in [0.2, 0.25) is 5.75 Å². The molecule has 0 spiro atoms. The Morgan fingerprint density at radius 1 is 0.921 bits per heavy atom. The zero-order valence-corrected chi connectivity index (χ0v) is 19.8. The van der Waals surface area contributed by atoms with E-state index in [4.69, 9.17) is 9.47 Å². The lowest BCUT2D eigenvalue weighted by Gasteiger charge is -2.12. The quantitative estimate of drug-likeness (QED) is 0.131. The van der Waals surface area contributed by atoms with Crippen molar-refractivity contribution in [1.29, 1.82) is 5.26 Å². The van der Waals surface area contributed by atoms with Crippen LogP contribution in [-0.4, -0.2) is 22.9 Å². The number of nitro groups is 2. The van der Waals surface area contributed by atoms with Crippen LogP contribution in [0.15, 0.2) is 84.4 Å². The minimum Gasteiger partial charge on any atom is -0.493 e. The highest BCUT2D eigenvalue weighted by atomic mass is 16.6. The second kappa shape index (κ2) is 10.9. The van der Waals surface area contributed by atoms with Crippen LogP contribution in [0.2, 0.25) is 0 Å². The number of carbonyl (C=O) groups excluding carboxylic acids is 1. The first-order valence-electron chi connectivity index (χ1n) is 11.0. The van der Waals surface area contributed by atoms with Gasteiger partial charge < -0.3 is 14.8 Å². The molecule has 0 heterocycles. The van der Waals surface area contributed by atoms with Crippen molar-refractivity contribution in [2.24, 2.45) is 0 Å². The van der Waals surface area contributed by atoms with Crippen molar-refractivity contribution in [3.8, 4) is 23.3 Å². The number of fused-ring (bicyclic) bond motifs is 1. The van der Waals surface area contributed by atoms with Crippen molar-refractivity contribution < 1.29 is 24.1 Å². The zero-order chi connectivity index (χ0) is 27.2. The van der Waals surface area contributed by atoms with Gasteiger partial charge in [0, 0.05) is 17.1 Å². The molecular formula is C27H18N4O7. The average Bonchev–Trinajstić information content (AvgIpc) is 2.92. The molecular weight excluding hydrogens is 492 g/mol. The van der Waals surface area contributed by atoms with Crippen LogP contribution in [0, 0.1) is 31.6 Å². The maximum Gasteiger partial charge on any atom is 0.318 e. The highest BCUT2D eigenvalue weighted by Gasteiger charge is 2.22. The fraction of sp³-hybridized carbons (Fsp3) is 0.0370. The molecule has 0 atom stereocenters. The van der Waals surface area contributed by atoms with E-state index >= 15 is 0 Å². The molecule has 1 N–H and O–H groups in total. The molecule has 11 nitrogen and oxygen atoms in total. The highest BCUT2D eigenvalue weighted by Crippen LogP contribution is 2.38. The van der Waals surface area contributed by atoms with E-state index in [1.165, 1.54) is 25.3 Å². The summed E-state index contributed by atoms with van der Waals surface area (Å²) in [5.41, 5.74) is -0.373. The first-order valence-corrected chi connectivity index (χ1v) is 11.0. The molecule has 188 valence electrons. The summed E-state index contributed by atoms with van der Waals surface area (Å²) < 4.78 is 11.0. The van der Waals surface area contributed by atoms with Gasteiger partial charge in [-0.3, -0.25) is 25.0 Å². The van der Waals surface area contributed by atoms with Gasteiger partial charge in [-0.25, -0.2) is 0 Å². The number of methoxy groups -OCH3 is 1. The predicted molar refractivity (Wildman–Crippen MR) is 139 cm³/mol. The highest BCUT2D eigenvalue weighted by molar-refractivity contribution is 6.12. The van der Waals surface area contributed by atoms with E-state index in [2.05, 4.69) is 5.32 Å². The Morgan fingerprint density at radius 3 is 2.37 bits per heavy atom. The molecule has 11 heteroatoms. The van der Waals surface area contributed by atoms with E-state index in [9.17, 15) is 30.3 Å².